The number of carbonyl (C=O) groups excluding carboxylic acids is 1. The number of hydrazone groups is 1. The SMILES string of the molecule is CC(=O)N1N=C([C@H]2CC[C@H]3[C@@H]4CCC5=C[C@@H](O)CC[C@]5(C)[C@H]4CC[C@]23C)C[C@@H]1c1ccc(F)cc1. The average molecular weight is 479 g/mol. The van der Waals surface area contributed by atoms with E-state index in [-0.39, 0.29) is 34.7 Å². The first kappa shape index (κ1) is 23.4. The zero-order valence-electron chi connectivity index (χ0n) is 21.3. The van der Waals surface area contributed by atoms with Crippen molar-refractivity contribution < 1.29 is 14.3 Å². The van der Waals surface area contributed by atoms with E-state index in [1.165, 1.54) is 49.1 Å². The molecule has 3 fully saturated rings. The number of hydrogen-bond acceptors (Lipinski definition) is 3. The summed E-state index contributed by atoms with van der Waals surface area (Å²) < 4.78 is 13.5. The maximum Gasteiger partial charge on any atom is 0.240 e. The van der Waals surface area contributed by atoms with Gasteiger partial charge in [-0.25, -0.2) is 9.40 Å². The number of aliphatic hydroxyl groups is 1. The van der Waals surface area contributed by atoms with Crippen molar-refractivity contribution in [1.82, 2.24) is 5.01 Å². The predicted octanol–water partition coefficient (Wildman–Crippen LogP) is 6.41. The molecule has 0 spiro atoms. The number of hydrogen-bond donors (Lipinski definition) is 1. The molecule has 35 heavy (non-hydrogen) atoms. The van der Waals surface area contributed by atoms with Gasteiger partial charge in [0.1, 0.15) is 5.82 Å². The lowest BCUT2D eigenvalue weighted by Gasteiger charge is -2.58. The standard InChI is InChI=1S/C30H39FN2O2/c1-18(34)33-28(19-4-7-21(31)8-5-19)17-27(32-33)26-11-10-24-23-9-6-20-16-22(35)12-14-29(20,2)25(23)13-15-30(24,26)3/h4-5,7-8,16,22-26,28,35H,6,9-15,17H2,1-3H3/t22-,23-,24-,25-,26+,28+,29-,30-/m0/s1. The van der Waals surface area contributed by atoms with E-state index in [2.05, 4.69) is 19.9 Å². The van der Waals surface area contributed by atoms with E-state index in [1.54, 1.807) is 24.1 Å². The fourth-order valence-electron chi connectivity index (χ4n) is 9.24. The highest BCUT2D eigenvalue weighted by Crippen LogP contribution is 2.67. The van der Waals surface area contributed by atoms with Crippen LogP contribution in [0.5, 0.6) is 0 Å². The first-order chi connectivity index (χ1) is 16.7. The minimum absolute atomic E-state index is 0.0447. The van der Waals surface area contributed by atoms with Crippen LogP contribution >= 0.6 is 0 Å². The van der Waals surface area contributed by atoms with Gasteiger partial charge < -0.3 is 5.11 Å². The molecule has 4 nitrogen and oxygen atoms in total. The van der Waals surface area contributed by atoms with Crippen molar-refractivity contribution in [1.29, 1.82) is 0 Å². The normalized spacial score (nSPS) is 42.6. The molecule has 5 aliphatic rings. The van der Waals surface area contributed by atoms with Crippen LogP contribution in [-0.2, 0) is 4.79 Å². The molecule has 8 atom stereocenters. The van der Waals surface area contributed by atoms with Gasteiger partial charge in [-0.2, -0.15) is 5.10 Å². The third-order valence-corrected chi connectivity index (χ3v) is 11.0. The molecule has 3 saturated carbocycles. The zero-order chi connectivity index (χ0) is 24.5. The monoisotopic (exact) mass is 478 g/mol. The first-order valence-corrected chi connectivity index (χ1v) is 13.7. The largest absolute Gasteiger partial charge is 0.389 e. The van der Waals surface area contributed by atoms with Gasteiger partial charge in [0.05, 0.1) is 12.1 Å². The molecule has 188 valence electrons. The van der Waals surface area contributed by atoms with E-state index in [9.17, 15) is 14.3 Å². The van der Waals surface area contributed by atoms with Crippen LogP contribution in [0.15, 0.2) is 41.0 Å². The van der Waals surface area contributed by atoms with E-state index in [0.717, 1.165) is 49.5 Å². The predicted molar refractivity (Wildman–Crippen MR) is 135 cm³/mol. The van der Waals surface area contributed by atoms with E-state index < -0.39 is 0 Å². The van der Waals surface area contributed by atoms with Gasteiger partial charge in [-0.05, 0) is 97.6 Å². The van der Waals surface area contributed by atoms with E-state index in [0.29, 0.717) is 11.8 Å². The number of benzene rings is 1. The lowest BCUT2D eigenvalue weighted by atomic mass is 9.46. The number of halogens is 1. The minimum Gasteiger partial charge on any atom is -0.389 e. The van der Waals surface area contributed by atoms with Crippen molar-refractivity contribution >= 4 is 11.6 Å². The van der Waals surface area contributed by atoms with Gasteiger partial charge >= 0.3 is 0 Å². The van der Waals surface area contributed by atoms with Gasteiger partial charge in [-0.3, -0.25) is 4.79 Å². The van der Waals surface area contributed by atoms with Gasteiger partial charge in [-0.1, -0.05) is 37.6 Å². The maximum absolute atomic E-state index is 13.5. The van der Waals surface area contributed by atoms with Crippen LogP contribution in [0.2, 0.25) is 0 Å². The molecular formula is C30H39FN2O2. The molecule has 1 amide bonds. The summed E-state index contributed by atoms with van der Waals surface area (Å²) in [4.78, 5) is 12.5. The van der Waals surface area contributed by atoms with E-state index in [1.807, 2.05) is 0 Å². The molecule has 0 unspecified atom stereocenters. The van der Waals surface area contributed by atoms with Crippen LogP contribution in [0, 0.1) is 40.3 Å². The highest BCUT2D eigenvalue weighted by molar-refractivity contribution is 5.92. The average Bonchev–Trinajstić information content (AvgIpc) is 3.41. The molecular weight excluding hydrogens is 439 g/mol. The van der Waals surface area contributed by atoms with E-state index in [4.69, 9.17) is 5.10 Å². The Bertz CT molecular complexity index is 1080. The molecule has 4 aliphatic carbocycles. The Kier molecular flexibility index (Phi) is 5.52. The number of fused-ring (bicyclic) bond motifs is 5. The summed E-state index contributed by atoms with van der Waals surface area (Å²) in [6.07, 6.45) is 12.0. The second-order valence-electron chi connectivity index (χ2n) is 12.5. The number of aliphatic hydroxyl groups excluding tert-OH is 1. The Morgan fingerprint density at radius 3 is 2.57 bits per heavy atom. The van der Waals surface area contributed by atoms with Crippen molar-refractivity contribution in [2.45, 2.75) is 90.7 Å². The third-order valence-electron chi connectivity index (χ3n) is 11.0. The van der Waals surface area contributed by atoms with Gasteiger partial charge in [0.2, 0.25) is 5.91 Å². The molecule has 5 heteroatoms. The number of rotatable bonds is 2. The minimum atomic E-state index is -0.253. The van der Waals surface area contributed by atoms with Crippen LogP contribution in [0.4, 0.5) is 4.39 Å². The van der Waals surface area contributed by atoms with Crippen LogP contribution in [0.3, 0.4) is 0 Å². The molecule has 1 aromatic rings. The van der Waals surface area contributed by atoms with Gasteiger partial charge in [0, 0.05) is 25.0 Å². The van der Waals surface area contributed by atoms with Crippen LogP contribution in [-0.4, -0.2) is 27.8 Å². The van der Waals surface area contributed by atoms with Crippen molar-refractivity contribution in [3.63, 3.8) is 0 Å². The molecule has 1 aromatic carbocycles. The van der Waals surface area contributed by atoms with Crippen molar-refractivity contribution in [3.8, 4) is 0 Å². The summed E-state index contributed by atoms with van der Waals surface area (Å²) in [6.45, 7) is 6.58. The first-order valence-electron chi connectivity index (χ1n) is 13.7. The van der Waals surface area contributed by atoms with Crippen molar-refractivity contribution in [2.24, 2.45) is 39.6 Å². The van der Waals surface area contributed by atoms with Crippen LogP contribution in [0.25, 0.3) is 0 Å². The molecule has 0 bridgehead atoms. The van der Waals surface area contributed by atoms with Crippen LogP contribution in [0.1, 0.15) is 90.2 Å². The number of carbonyl (C=O) groups is 1. The Morgan fingerprint density at radius 1 is 1.06 bits per heavy atom. The lowest BCUT2D eigenvalue weighted by Crippen LogP contribution is -2.51. The summed E-state index contributed by atoms with van der Waals surface area (Å²) in [5.41, 5.74) is 4.15. The molecule has 1 N–H and O–H groups in total. The highest BCUT2D eigenvalue weighted by atomic mass is 19.1. The molecule has 1 aliphatic heterocycles. The molecule has 1 heterocycles. The third kappa shape index (κ3) is 3.55. The Balaban J connectivity index is 1.26. The molecule has 6 rings (SSSR count). The number of nitrogens with zero attached hydrogens (tertiary/aromatic N) is 2. The van der Waals surface area contributed by atoms with Crippen molar-refractivity contribution in [3.05, 3.63) is 47.3 Å². The van der Waals surface area contributed by atoms with Crippen LogP contribution < -0.4 is 0 Å². The van der Waals surface area contributed by atoms with Gasteiger partial charge in [0.25, 0.3) is 0 Å². The maximum atomic E-state index is 13.5. The molecule has 0 radical (unpaired) electrons. The summed E-state index contributed by atoms with van der Waals surface area (Å²) in [5, 5.41) is 16.8. The summed E-state index contributed by atoms with van der Waals surface area (Å²) in [6, 6.07) is 6.44. The Labute approximate surface area is 208 Å². The Morgan fingerprint density at radius 2 is 1.83 bits per heavy atom. The fraction of sp³-hybridized carbons (Fsp3) is 0.667. The van der Waals surface area contributed by atoms with Gasteiger partial charge in [-0.15, -0.1) is 0 Å². The topological polar surface area (TPSA) is 52.9 Å². The summed E-state index contributed by atoms with van der Waals surface area (Å²) in [7, 11) is 0. The quantitative estimate of drug-likeness (QED) is 0.499. The number of amides is 1. The summed E-state index contributed by atoms with van der Waals surface area (Å²) in [5.74, 6) is 2.29. The fourth-order valence-corrected chi connectivity index (χ4v) is 9.24. The lowest BCUT2D eigenvalue weighted by molar-refractivity contribution is -0.130. The summed E-state index contributed by atoms with van der Waals surface area (Å²) >= 11 is 0. The highest BCUT2D eigenvalue weighted by Gasteiger charge is 2.60. The Hall–Kier alpha value is -2.01. The zero-order valence-corrected chi connectivity index (χ0v) is 21.3. The second-order valence-corrected chi connectivity index (χ2v) is 12.5. The van der Waals surface area contributed by atoms with Crippen molar-refractivity contribution in [2.75, 3.05) is 0 Å². The molecule has 0 aromatic heterocycles. The second kappa shape index (κ2) is 8.26. The van der Waals surface area contributed by atoms with Gasteiger partial charge in [0.15, 0.2) is 0 Å². The van der Waals surface area contributed by atoms with E-state index >= 15 is 0 Å². The smallest absolute Gasteiger partial charge is 0.240 e. The number of allylic oxidation sites excluding steroid dienone is 1. The molecule has 0 saturated heterocycles.